The minimum atomic E-state index is 0.140. The predicted octanol–water partition coefficient (Wildman–Crippen LogP) is -0.597. The molecule has 1 aliphatic rings. The van der Waals surface area contributed by atoms with E-state index in [0.717, 1.165) is 26.1 Å². The molecule has 76 valence electrons. The van der Waals surface area contributed by atoms with Crippen LogP contribution in [0.15, 0.2) is 0 Å². The molecule has 1 unspecified atom stereocenters. The summed E-state index contributed by atoms with van der Waals surface area (Å²) in [6.45, 7) is 6.09. The third-order valence-electron chi connectivity index (χ3n) is 2.31. The van der Waals surface area contributed by atoms with E-state index in [-0.39, 0.29) is 5.91 Å². The molecule has 1 amide bonds. The number of nitrogens with two attached hydrogens (primary N) is 1. The molecule has 1 rings (SSSR count). The highest BCUT2D eigenvalue weighted by molar-refractivity contribution is 5.78. The number of carbonyl (C=O) groups is 1. The Morgan fingerprint density at radius 3 is 3.15 bits per heavy atom. The van der Waals surface area contributed by atoms with E-state index in [1.807, 2.05) is 0 Å². The predicted molar refractivity (Wildman–Crippen MR) is 52.3 cm³/mol. The average molecular weight is 185 g/mol. The summed E-state index contributed by atoms with van der Waals surface area (Å²) in [5.74, 6) is 0.618. The minimum absolute atomic E-state index is 0.140. The Morgan fingerprint density at radius 2 is 2.46 bits per heavy atom. The standard InChI is InChI=1S/C9H19N3O/c1-8(5-10)6-12-4-2-3-11-9(13)7-12/h8H,2-7,10H2,1H3,(H,11,13). The highest BCUT2D eigenvalue weighted by Crippen LogP contribution is 2.01. The van der Waals surface area contributed by atoms with Crippen LogP contribution in [0, 0.1) is 5.92 Å². The molecule has 1 atom stereocenters. The molecule has 0 bridgehead atoms. The number of hydrogen-bond acceptors (Lipinski definition) is 3. The molecule has 13 heavy (non-hydrogen) atoms. The maximum atomic E-state index is 11.2. The van der Waals surface area contributed by atoms with E-state index in [2.05, 4.69) is 17.1 Å². The van der Waals surface area contributed by atoms with Gasteiger partial charge >= 0.3 is 0 Å². The Bertz CT molecular complexity index is 172. The highest BCUT2D eigenvalue weighted by Gasteiger charge is 2.15. The lowest BCUT2D eigenvalue weighted by Gasteiger charge is -2.21. The zero-order valence-corrected chi connectivity index (χ0v) is 8.25. The molecule has 4 heteroatoms. The lowest BCUT2D eigenvalue weighted by atomic mass is 10.1. The third kappa shape index (κ3) is 3.74. The van der Waals surface area contributed by atoms with E-state index in [9.17, 15) is 4.79 Å². The molecule has 0 spiro atoms. The Balaban J connectivity index is 2.34. The van der Waals surface area contributed by atoms with Gasteiger partial charge in [0.1, 0.15) is 0 Å². The van der Waals surface area contributed by atoms with Crippen molar-refractivity contribution >= 4 is 5.91 Å². The molecule has 0 aromatic rings. The zero-order chi connectivity index (χ0) is 9.68. The normalized spacial score (nSPS) is 22.2. The Kier molecular flexibility index (Phi) is 4.18. The van der Waals surface area contributed by atoms with Crippen molar-refractivity contribution in [1.29, 1.82) is 0 Å². The van der Waals surface area contributed by atoms with Crippen molar-refractivity contribution in [2.45, 2.75) is 13.3 Å². The molecule has 4 nitrogen and oxygen atoms in total. The topological polar surface area (TPSA) is 58.4 Å². The molecule has 0 aromatic heterocycles. The van der Waals surface area contributed by atoms with Crippen molar-refractivity contribution in [3.63, 3.8) is 0 Å². The van der Waals surface area contributed by atoms with E-state index in [0.29, 0.717) is 19.0 Å². The molecule has 0 saturated carbocycles. The first-order chi connectivity index (χ1) is 6.22. The van der Waals surface area contributed by atoms with Crippen LogP contribution in [0.5, 0.6) is 0 Å². The lowest BCUT2D eigenvalue weighted by molar-refractivity contribution is -0.121. The van der Waals surface area contributed by atoms with Gasteiger partial charge in [-0.3, -0.25) is 9.69 Å². The summed E-state index contributed by atoms with van der Waals surface area (Å²) in [6, 6.07) is 0. The second-order valence-electron chi connectivity index (χ2n) is 3.78. The molecule has 1 saturated heterocycles. The van der Waals surface area contributed by atoms with E-state index >= 15 is 0 Å². The van der Waals surface area contributed by atoms with E-state index in [1.54, 1.807) is 0 Å². The smallest absolute Gasteiger partial charge is 0.234 e. The summed E-state index contributed by atoms with van der Waals surface area (Å²) in [5.41, 5.74) is 5.54. The number of hydrogen-bond donors (Lipinski definition) is 2. The number of rotatable bonds is 3. The van der Waals surface area contributed by atoms with Gasteiger partial charge in [-0.15, -0.1) is 0 Å². The van der Waals surface area contributed by atoms with Crippen LogP contribution < -0.4 is 11.1 Å². The quantitative estimate of drug-likeness (QED) is 0.617. The molecular formula is C9H19N3O. The molecule has 0 aliphatic carbocycles. The Hall–Kier alpha value is -0.610. The number of amides is 1. The fourth-order valence-corrected chi connectivity index (χ4v) is 1.54. The van der Waals surface area contributed by atoms with Crippen LogP contribution in [-0.4, -0.2) is 43.5 Å². The summed E-state index contributed by atoms with van der Waals surface area (Å²) in [6.07, 6.45) is 1.04. The van der Waals surface area contributed by atoms with Crippen molar-refractivity contribution in [1.82, 2.24) is 10.2 Å². The maximum absolute atomic E-state index is 11.2. The van der Waals surface area contributed by atoms with Gasteiger partial charge in [0, 0.05) is 19.6 Å². The van der Waals surface area contributed by atoms with E-state index < -0.39 is 0 Å². The fourth-order valence-electron chi connectivity index (χ4n) is 1.54. The zero-order valence-electron chi connectivity index (χ0n) is 8.25. The van der Waals surface area contributed by atoms with Crippen LogP contribution >= 0.6 is 0 Å². The summed E-state index contributed by atoms with van der Waals surface area (Å²) in [5, 5.41) is 2.85. The first kappa shape index (κ1) is 10.5. The van der Waals surface area contributed by atoms with Crippen molar-refractivity contribution in [2.75, 3.05) is 32.7 Å². The molecular weight excluding hydrogens is 166 g/mol. The van der Waals surface area contributed by atoms with E-state index in [1.165, 1.54) is 0 Å². The first-order valence-electron chi connectivity index (χ1n) is 4.91. The summed E-state index contributed by atoms with van der Waals surface area (Å²) < 4.78 is 0. The average Bonchev–Trinajstić information content (AvgIpc) is 2.30. The molecule has 1 aliphatic heterocycles. The van der Waals surface area contributed by atoms with Crippen LogP contribution in [0.4, 0.5) is 0 Å². The van der Waals surface area contributed by atoms with Gasteiger partial charge in [0.05, 0.1) is 6.54 Å². The minimum Gasteiger partial charge on any atom is -0.355 e. The number of nitrogens with one attached hydrogen (secondary N) is 1. The van der Waals surface area contributed by atoms with Gasteiger partial charge in [0.25, 0.3) is 0 Å². The number of nitrogens with zero attached hydrogens (tertiary/aromatic N) is 1. The van der Waals surface area contributed by atoms with Crippen LogP contribution in [0.2, 0.25) is 0 Å². The van der Waals surface area contributed by atoms with Crippen molar-refractivity contribution in [3.8, 4) is 0 Å². The van der Waals surface area contributed by atoms with Crippen molar-refractivity contribution < 1.29 is 4.79 Å². The van der Waals surface area contributed by atoms with Crippen LogP contribution in [0.1, 0.15) is 13.3 Å². The largest absolute Gasteiger partial charge is 0.355 e. The molecule has 1 heterocycles. The van der Waals surface area contributed by atoms with Gasteiger partial charge in [0.15, 0.2) is 0 Å². The third-order valence-corrected chi connectivity index (χ3v) is 2.31. The highest BCUT2D eigenvalue weighted by atomic mass is 16.2. The van der Waals surface area contributed by atoms with Gasteiger partial charge < -0.3 is 11.1 Å². The molecule has 0 radical (unpaired) electrons. The second kappa shape index (κ2) is 5.19. The number of carbonyl (C=O) groups excluding carboxylic acids is 1. The molecule has 0 aromatic carbocycles. The van der Waals surface area contributed by atoms with Crippen LogP contribution in [0.3, 0.4) is 0 Å². The lowest BCUT2D eigenvalue weighted by Crippen LogP contribution is -2.37. The fraction of sp³-hybridized carbons (Fsp3) is 0.889. The summed E-state index contributed by atoms with van der Waals surface area (Å²) in [4.78, 5) is 13.4. The van der Waals surface area contributed by atoms with Crippen molar-refractivity contribution in [2.24, 2.45) is 11.7 Å². The SMILES string of the molecule is CC(CN)CN1CCCNC(=O)C1. The maximum Gasteiger partial charge on any atom is 0.234 e. The molecule has 1 fully saturated rings. The summed E-state index contributed by atoms with van der Waals surface area (Å²) in [7, 11) is 0. The Morgan fingerprint density at radius 1 is 1.69 bits per heavy atom. The summed E-state index contributed by atoms with van der Waals surface area (Å²) >= 11 is 0. The van der Waals surface area contributed by atoms with Gasteiger partial charge in [-0.1, -0.05) is 6.92 Å². The van der Waals surface area contributed by atoms with Crippen LogP contribution in [0.25, 0.3) is 0 Å². The first-order valence-corrected chi connectivity index (χ1v) is 4.91. The van der Waals surface area contributed by atoms with Crippen molar-refractivity contribution in [3.05, 3.63) is 0 Å². The van der Waals surface area contributed by atoms with Gasteiger partial charge in [-0.2, -0.15) is 0 Å². The van der Waals surface area contributed by atoms with Crippen LogP contribution in [-0.2, 0) is 4.79 Å². The Labute approximate surface area is 79.5 Å². The van der Waals surface area contributed by atoms with Gasteiger partial charge in [-0.05, 0) is 18.9 Å². The molecule has 3 N–H and O–H groups in total. The van der Waals surface area contributed by atoms with E-state index in [4.69, 9.17) is 5.73 Å². The monoisotopic (exact) mass is 185 g/mol. The van der Waals surface area contributed by atoms with Gasteiger partial charge in [-0.25, -0.2) is 0 Å². The second-order valence-corrected chi connectivity index (χ2v) is 3.78. The van der Waals surface area contributed by atoms with Gasteiger partial charge in [0.2, 0.25) is 5.91 Å².